The van der Waals surface area contributed by atoms with E-state index in [1.165, 1.54) is 0 Å². The van der Waals surface area contributed by atoms with E-state index in [0.717, 1.165) is 11.1 Å². The van der Waals surface area contributed by atoms with E-state index >= 15 is 0 Å². The van der Waals surface area contributed by atoms with Gasteiger partial charge in [0, 0.05) is 30.9 Å². The third kappa shape index (κ3) is 2.59. The maximum Gasteiger partial charge on any atom is 0.229 e. The van der Waals surface area contributed by atoms with Crippen LogP contribution in [0.5, 0.6) is 0 Å². The van der Waals surface area contributed by atoms with Gasteiger partial charge in [0.2, 0.25) is 5.91 Å². The van der Waals surface area contributed by atoms with Crippen LogP contribution in [0.1, 0.15) is 17.4 Å². The van der Waals surface area contributed by atoms with Crippen LogP contribution in [0, 0.1) is 0 Å². The van der Waals surface area contributed by atoms with Crippen molar-refractivity contribution in [3.63, 3.8) is 0 Å². The van der Waals surface area contributed by atoms with Gasteiger partial charge in [0.25, 0.3) is 0 Å². The summed E-state index contributed by atoms with van der Waals surface area (Å²) in [5.41, 5.74) is 2.47. The zero-order valence-corrected chi connectivity index (χ0v) is 13.5. The van der Waals surface area contributed by atoms with Crippen molar-refractivity contribution in [3.8, 4) is 0 Å². The second-order valence-corrected chi connectivity index (χ2v) is 6.02. The average Bonchev–Trinajstić information content (AvgIpc) is 3.21. The number of aromatic nitrogens is 2. The summed E-state index contributed by atoms with van der Waals surface area (Å²) >= 11 is 0. The lowest BCUT2D eigenvalue weighted by atomic mass is 10.1. The number of amides is 1. The highest BCUT2D eigenvalue weighted by Crippen LogP contribution is 2.26. The van der Waals surface area contributed by atoms with Crippen molar-refractivity contribution in [1.82, 2.24) is 14.6 Å². The maximum atomic E-state index is 12.9. The molecule has 0 aliphatic carbocycles. The van der Waals surface area contributed by atoms with Crippen LogP contribution >= 0.6 is 0 Å². The summed E-state index contributed by atoms with van der Waals surface area (Å²) in [5.74, 6) is 0.0450. The Morgan fingerprint density at radius 2 is 2.17 bits per heavy atom. The second kappa shape index (κ2) is 6.13. The molecule has 24 heavy (non-hydrogen) atoms. The first-order chi connectivity index (χ1) is 11.7. The van der Waals surface area contributed by atoms with Crippen LogP contribution in [-0.2, 0) is 23.0 Å². The standard InChI is InChI=1S/C18H19N3O3/c1-20-8-4-6-15(20)16-12-23-10-9-21(16)18(22)11-14-13-5-2-3-7-17(13)24-19-14/h2-8,16H,9-12H2,1H3/t16-/m0/s1. The van der Waals surface area contributed by atoms with Gasteiger partial charge in [0.05, 0.1) is 25.7 Å². The Balaban J connectivity index is 1.59. The molecule has 3 heterocycles. The van der Waals surface area contributed by atoms with Gasteiger partial charge in [-0.25, -0.2) is 0 Å². The minimum Gasteiger partial charge on any atom is -0.377 e. The van der Waals surface area contributed by atoms with Crippen LogP contribution in [0.2, 0.25) is 0 Å². The van der Waals surface area contributed by atoms with E-state index in [0.29, 0.717) is 31.0 Å². The highest BCUT2D eigenvalue weighted by Gasteiger charge is 2.30. The summed E-state index contributed by atoms with van der Waals surface area (Å²) in [4.78, 5) is 14.8. The first-order valence-electron chi connectivity index (χ1n) is 8.06. The Labute approximate surface area is 139 Å². The molecule has 1 aliphatic heterocycles. The summed E-state index contributed by atoms with van der Waals surface area (Å²) in [6.45, 7) is 1.67. The van der Waals surface area contributed by atoms with Gasteiger partial charge in [-0.1, -0.05) is 17.3 Å². The van der Waals surface area contributed by atoms with Gasteiger partial charge >= 0.3 is 0 Å². The van der Waals surface area contributed by atoms with E-state index in [9.17, 15) is 4.79 Å². The molecule has 0 N–H and O–H groups in total. The molecule has 124 valence electrons. The molecule has 0 bridgehead atoms. The minimum atomic E-state index is -0.0654. The van der Waals surface area contributed by atoms with Crippen molar-refractivity contribution >= 4 is 16.9 Å². The second-order valence-electron chi connectivity index (χ2n) is 6.02. The topological polar surface area (TPSA) is 60.5 Å². The lowest BCUT2D eigenvalue weighted by molar-refractivity contribution is -0.139. The molecule has 6 heteroatoms. The highest BCUT2D eigenvalue weighted by atomic mass is 16.5. The average molecular weight is 325 g/mol. The van der Waals surface area contributed by atoms with E-state index in [-0.39, 0.29) is 18.4 Å². The number of hydrogen-bond donors (Lipinski definition) is 0. The van der Waals surface area contributed by atoms with E-state index in [2.05, 4.69) is 5.16 Å². The van der Waals surface area contributed by atoms with Crippen molar-refractivity contribution < 1.29 is 14.1 Å². The molecule has 4 rings (SSSR count). The number of hydrogen-bond acceptors (Lipinski definition) is 4. The van der Waals surface area contributed by atoms with Gasteiger partial charge in [0.1, 0.15) is 5.69 Å². The molecule has 0 spiro atoms. The lowest BCUT2D eigenvalue weighted by Gasteiger charge is -2.36. The smallest absolute Gasteiger partial charge is 0.229 e. The molecule has 2 aromatic heterocycles. The van der Waals surface area contributed by atoms with E-state index < -0.39 is 0 Å². The first kappa shape index (κ1) is 15.0. The Bertz CT molecular complexity index is 867. The summed E-state index contributed by atoms with van der Waals surface area (Å²) < 4.78 is 12.9. The fourth-order valence-electron chi connectivity index (χ4n) is 3.28. The van der Waals surface area contributed by atoms with Crippen LogP contribution in [-0.4, -0.2) is 40.3 Å². The summed E-state index contributed by atoms with van der Waals surface area (Å²) in [7, 11) is 1.98. The van der Waals surface area contributed by atoms with Crippen molar-refractivity contribution in [1.29, 1.82) is 0 Å². The molecule has 1 aliphatic rings. The molecule has 1 aromatic carbocycles. The quantitative estimate of drug-likeness (QED) is 0.741. The van der Waals surface area contributed by atoms with Gasteiger partial charge < -0.3 is 18.7 Å². The number of aryl methyl sites for hydroxylation is 1. The fourth-order valence-corrected chi connectivity index (χ4v) is 3.28. The molecule has 6 nitrogen and oxygen atoms in total. The molecular formula is C18H19N3O3. The van der Waals surface area contributed by atoms with Gasteiger partial charge in [-0.15, -0.1) is 0 Å². The highest BCUT2D eigenvalue weighted by molar-refractivity contribution is 5.86. The molecule has 0 radical (unpaired) electrons. The Morgan fingerprint density at radius 1 is 1.29 bits per heavy atom. The fraction of sp³-hybridized carbons (Fsp3) is 0.333. The summed E-state index contributed by atoms with van der Waals surface area (Å²) in [6, 6.07) is 11.6. The zero-order valence-electron chi connectivity index (χ0n) is 13.5. The number of carbonyl (C=O) groups excluding carboxylic acids is 1. The molecule has 1 atom stereocenters. The zero-order chi connectivity index (χ0) is 16.5. The van der Waals surface area contributed by atoms with Gasteiger partial charge in [-0.05, 0) is 24.3 Å². The predicted octanol–water partition coefficient (Wildman–Crippen LogP) is 2.31. The first-order valence-corrected chi connectivity index (χ1v) is 8.06. The van der Waals surface area contributed by atoms with E-state index in [1.807, 2.05) is 59.1 Å². The molecule has 0 unspecified atom stereocenters. The SMILES string of the molecule is Cn1cccc1[C@@H]1COCCN1C(=O)Cc1noc2ccccc12. The van der Waals surface area contributed by atoms with Crippen molar-refractivity contribution in [3.05, 3.63) is 54.0 Å². The summed E-state index contributed by atoms with van der Waals surface area (Å²) in [6.07, 6.45) is 2.22. The van der Waals surface area contributed by atoms with Crippen molar-refractivity contribution in [2.24, 2.45) is 7.05 Å². The molecule has 1 saturated heterocycles. The van der Waals surface area contributed by atoms with Crippen LogP contribution < -0.4 is 0 Å². The van der Waals surface area contributed by atoms with Crippen molar-refractivity contribution in [2.75, 3.05) is 19.8 Å². The van der Waals surface area contributed by atoms with E-state index in [4.69, 9.17) is 9.26 Å². The van der Waals surface area contributed by atoms with Gasteiger partial charge in [-0.3, -0.25) is 4.79 Å². The largest absolute Gasteiger partial charge is 0.377 e. The Kier molecular flexibility index (Phi) is 3.82. The number of para-hydroxylation sites is 1. The number of carbonyl (C=O) groups is 1. The lowest BCUT2D eigenvalue weighted by Crippen LogP contribution is -2.44. The van der Waals surface area contributed by atoms with Crippen LogP contribution in [0.15, 0.2) is 47.1 Å². The molecule has 3 aromatic rings. The molecule has 0 saturated carbocycles. The summed E-state index contributed by atoms with van der Waals surface area (Å²) in [5, 5.41) is 4.97. The number of rotatable bonds is 3. The number of ether oxygens (including phenoxy) is 1. The Morgan fingerprint density at radius 3 is 3.00 bits per heavy atom. The Hall–Kier alpha value is -2.60. The normalized spacial score (nSPS) is 18.2. The minimum absolute atomic E-state index is 0.0450. The monoisotopic (exact) mass is 325 g/mol. The third-order valence-corrected chi connectivity index (χ3v) is 4.54. The van der Waals surface area contributed by atoms with Crippen LogP contribution in [0.4, 0.5) is 0 Å². The predicted molar refractivity (Wildman–Crippen MR) is 88.4 cm³/mol. The van der Waals surface area contributed by atoms with Gasteiger partial charge in [0.15, 0.2) is 5.58 Å². The number of nitrogens with zero attached hydrogens (tertiary/aromatic N) is 3. The number of fused-ring (bicyclic) bond motifs is 1. The third-order valence-electron chi connectivity index (χ3n) is 4.54. The number of morpholine rings is 1. The van der Waals surface area contributed by atoms with Crippen LogP contribution in [0.3, 0.4) is 0 Å². The molecule has 1 amide bonds. The van der Waals surface area contributed by atoms with E-state index in [1.54, 1.807) is 0 Å². The van der Waals surface area contributed by atoms with Gasteiger partial charge in [-0.2, -0.15) is 0 Å². The number of benzene rings is 1. The molecular weight excluding hydrogens is 306 g/mol. The molecule has 1 fully saturated rings. The van der Waals surface area contributed by atoms with Crippen LogP contribution in [0.25, 0.3) is 11.0 Å². The van der Waals surface area contributed by atoms with Crippen molar-refractivity contribution in [2.45, 2.75) is 12.5 Å². The maximum absolute atomic E-state index is 12.9.